The highest BCUT2D eigenvalue weighted by Gasteiger charge is 2.35. The Morgan fingerprint density at radius 1 is 1.26 bits per heavy atom. The van der Waals surface area contributed by atoms with Crippen LogP contribution in [0.3, 0.4) is 0 Å². The predicted octanol–water partition coefficient (Wildman–Crippen LogP) is 1.74. The molecule has 0 radical (unpaired) electrons. The molecule has 2 N–H and O–H groups in total. The smallest absolute Gasteiger partial charge is 0.414 e. The zero-order chi connectivity index (χ0) is 28.1. The molecule has 0 aliphatic carbocycles. The predicted molar refractivity (Wildman–Crippen MR) is 137 cm³/mol. The lowest BCUT2D eigenvalue weighted by atomic mass is 10.1. The van der Waals surface area contributed by atoms with Gasteiger partial charge < -0.3 is 29.9 Å². The van der Waals surface area contributed by atoms with E-state index in [4.69, 9.17) is 4.74 Å². The molecule has 4 rings (SSSR count). The Hall–Kier alpha value is -4.27. The number of methoxy groups -OCH3 is 1. The first kappa shape index (κ1) is 27.8. The van der Waals surface area contributed by atoms with Gasteiger partial charge >= 0.3 is 12.2 Å². The van der Waals surface area contributed by atoms with Crippen molar-refractivity contribution >= 4 is 46.7 Å². The van der Waals surface area contributed by atoms with Gasteiger partial charge in [-0.3, -0.25) is 14.5 Å². The summed E-state index contributed by atoms with van der Waals surface area (Å²) in [6.07, 6.45) is -0.910. The number of hydrogen-bond acceptors (Lipinski definition) is 9. The molecular weight excluding hydrogens is 538 g/mol. The van der Waals surface area contributed by atoms with Gasteiger partial charge in [-0.2, -0.15) is 0 Å². The van der Waals surface area contributed by atoms with Crippen LogP contribution < -0.4 is 20.4 Å². The Balaban J connectivity index is 1.37. The molecule has 4 amide bonds. The van der Waals surface area contributed by atoms with Gasteiger partial charge in [0.05, 0.1) is 31.4 Å². The van der Waals surface area contributed by atoms with Crippen molar-refractivity contribution in [2.24, 2.45) is 0 Å². The number of carbonyl (C=O) groups is 4. The summed E-state index contributed by atoms with van der Waals surface area (Å²) < 4.78 is 39.8. The highest BCUT2D eigenvalue weighted by atomic mass is 32.1. The third-order valence-electron chi connectivity index (χ3n) is 6.21. The number of alkyl carbamates (subject to hydrolysis) is 1. The van der Waals surface area contributed by atoms with Crippen molar-refractivity contribution in [3.63, 3.8) is 0 Å². The van der Waals surface area contributed by atoms with Gasteiger partial charge in [0.15, 0.2) is 11.6 Å². The summed E-state index contributed by atoms with van der Waals surface area (Å²) in [5.41, 5.74) is 1.38. The van der Waals surface area contributed by atoms with Gasteiger partial charge in [-0.1, -0.05) is 6.08 Å². The molecule has 0 saturated carbocycles. The molecule has 2 atom stereocenters. The number of amides is 4. The van der Waals surface area contributed by atoms with Crippen LogP contribution in [0.4, 0.5) is 29.7 Å². The maximum atomic E-state index is 15.1. The van der Waals surface area contributed by atoms with Crippen molar-refractivity contribution < 1.29 is 37.4 Å². The summed E-state index contributed by atoms with van der Waals surface area (Å²) in [5.74, 6) is -2.67. The fraction of sp³-hybridized carbons (Fsp3) is 0.375. The number of ether oxygens (including phenoxy) is 2. The van der Waals surface area contributed by atoms with Crippen LogP contribution in [0.1, 0.15) is 10.5 Å². The highest BCUT2D eigenvalue weighted by molar-refractivity contribution is 7.07. The van der Waals surface area contributed by atoms with E-state index in [0.717, 1.165) is 17.0 Å². The van der Waals surface area contributed by atoms with Crippen LogP contribution in [0.5, 0.6) is 0 Å². The third kappa shape index (κ3) is 6.25. The van der Waals surface area contributed by atoms with Gasteiger partial charge in [0, 0.05) is 43.7 Å². The van der Waals surface area contributed by atoms with E-state index in [9.17, 15) is 19.2 Å². The number of rotatable bonds is 8. The second kappa shape index (κ2) is 12.1. The number of anilines is 2. The summed E-state index contributed by atoms with van der Waals surface area (Å²) in [4.78, 5) is 56.6. The summed E-state index contributed by atoms with van der Waals surface area (Å²) in [6, 6.07) is 1.09. The van der Waals surface area contributed by atoms with Gasteiger partial charge in [0.25, 0.3) is 5.91 Å². The minimum absolute atomic E-state index is 0.0225. The molecule has 15 heteroatoms. The number of piperazine rings is 1. The van der Waals surface area contributed by atoms with Crippen LogP contribution in [0.15, 0.2) is 35.7 Å². The molecule has 1 aromatic heterocycles. The number of carbonyl (C=O) groups excluding carboxylic acids is 4. The van der Waals surface area contributed by atoms with Gasteiger partial charge in [-0.25, -0.2) is 23.4 Å². The van der Waals surface area contributed by atoms with Crippen molar-refractivity contribution in [3.8, 4) is 0 Å². The average molecular weight is 565 g/mol. The van der Waals surface area contributed by atoms with E-state index in [2.05, 4.69) is 26.9 Å². The van der Waals surface area contributed by atoms with Crippen molar-refractivity contribution in [2.75, 3.05) is 56.2 Å². The first-order chi connectivity index (χ1) is 18.7. The largest absolute Gasteiger partial charge is 0.453 e. The molecule has 2 aromatic rings. The molecule has 2 aliphatic heterocycles. The standard InChI is InChI=1S/C24H26F2N6O6S/c1-3-18(29-21(33)19-12-39-13-28-19)22(34)31-6-4-30(5-7-31)20-16(25)8-14(9-17(20)26)32-11-15(38-24(32)36)10-27-23(35)37-2/h3,8-9,12-13,15,18H,1,4-7,10-11H2,2H3,(H,27,35)(H,29,33)/t15-,18-/m0/s1. The van der Waals surface area contributed by atoms with Crippen LogP contribution >= 0.6 is 11.3 Å². The van der Waals surface area contributed by atoms with Crippen LogP contribution in [0, 0.1) is 11.6 Å². The van der Waals surface area contributed by atoms with E-state index in [1.54, 1.807) is 5.38 Å². The van der Waals surface area contributed by atoms with Crippen molar-refractivity contribution in [2.45, 2.75) is 12.1 Å². The second-order valence-corrected chi connectivity index (χ2v) is 9.34. The summed E-state index contributed by atoms with van der Waals surface area (Å²) in [6.45, 7) is 4.15. The number of nitrogens with one attached hydrogen (secondary N) is 2. The normalized spacial score (nSPS) is 17.9. The minimum atomic E-state index is -0.981. The molecule has 12 nitrogen and oxygen atoms in total. The lowest BCUT2D eigenvalue weighted by Gasteiger charge is -2.37. The third-order valence-corrected chi connectivity index (χ3v) is 6.79. The molecule has 0 spiro atoms. The topological polar surface area (TPSA) is 133 Å². The molecule has 2 aliphatic rings. The van der Waals surface area contributed by atoms with Crippen molar-refractivity contribution in [3.05, 3.63) is 53.0 Å². The van der Waals surface area contributed by atoms with Gasteiger partial charge in [0.1, 0.15) is 23.5 Å². The van der Waals surface area contributed by atoms with Crippen LogP contribution in [-0.2, 0) is 14.3 Å². The van der Waals surface area contributed by atoms with Crippen molar-refractivity contribution in [1.82, 2.24) is 20.5 Å². The molecule has 0 bridgehead atoms. The van der Waals surface area contributed by atoms with Gasteiger partial charge in [-0.05, 0) is 0 Å². The van der Waals surface area contributed by atoms with E-state index >= 15 is 8.78 Å². The monoisotopic (exact) mass is 564 g/mol. The SMILES string of the molecule is C=C[C@H](NC(=O)c1cscn1)C(=O)N1CCN(c2c(F)cc(N3C[C@H](CNC(=O)OC)OC3=O)cc2F)CC1. The van der Waals surface area contributed by atoms with Gasteiger partial charge in [0.2, 0.25) is 5.91 Å². The minimum Gasteiger partial charge on any atom is -0.453 e. The number of cyclic esters (lactones) is 1. The molecule has 2 saturated heterocycles. The number of hydrogen-bond donors (Lipinski definition) is 2. The Morgan fingerprint density at radius 2 is 1.95 bits per heavy atom. The van der Waals surface area contributed by atoms with E-state index < -0.39 is 47.8 Å². The first-order valence-electron chi connectivity index (χ1n) is 11.9. The fourth-order valence-corrected chi connectivity index (χ4v) is 4.76. The number of aromatic nitrogens is 1. The van der Waals surface area contributed by atoms with E-state index in [0.29, 0.717) is 0 Å². The molecule has 2 fully saturated rings. The zero-order valence-corrected chi connectivity index (χ0v) is 21.7. The summed E-state index contributed by atoms with van der Waals surface area (Å²) in [7, 11) is 1.19. The summed E-state index contributed by atoms with van der Waals surface area (Å²) >= 11 is 1.25. The molecule has 39 heavy (non-hydrogen) atoms. The van der Waals surface area contributed by atoms with E-state index in [-0.39, 0.29) is 56.3 Å². The Morgan fingerprint density at radius 3 is 2.54 bits per heavy atom. The van der Waals surface area contributed by atoms with E-state index in [1.165, 1.54) is 39.8 Å². The number of nitrogens with zero attached hydrogens (tertiary/aromatic N) is 4. The summed E-state index contributed by atoms with van der Waals surface area (Å²) in [5, 5.41) is 6.54. The quantitative estimate of drug-likeness (QED) is 0.464. The first-order valence-corrected chi connectivity index (χ1v) is 12.8. The molecule has 3 heterocycles. The lowest BCUT2D eigenvalue weighted by Crippen LogP contribution is -2.54. The van der Waals surface area contributed by atoms with Gasteiger partial charge in [-0.15, -0.1) is 17.9 Å². The van der Waals surface area contributed by atoms with Crippen LogP contribution in [-0.4, -0.2) is 92.4 Å². The lowest BCUT2D eigenvalue weighted by molar-refractivity contribution is -0.132. The maximum Gasteiger partial charge on any atom is 0.414 e. The second-order valence-electron chi connectivity index (χ2n) is 8.62. The average Bonchev–Trinajstić information content (AvgIpc) is 3.60. The van der Waals surface area contributed by atoms with Crippen molar-refractivity contribution in [1.29, 1.82) is 0 Å². The molecule has 208 valence electrons. The molecule has 0 unspecified atom stereocenters. The Kier molecular flexibility index (Phi) is 8.59. The van der Waals surface area contributed by atoms with E-state index in [1.807, 2.05) is 0 Å². The molecule has 1 aromatic carbocycles. The Labute approximate surface area is 226 Å². The number of halogens is 2. The Bertz CT molecular complexity index is 1230. The van der Waals surface area contributed by atoms with Crippen LogP contribution in [0.25, 0.3) is 0 Å². The number of benzene rings is 1. The highest BCUT2D eigenvalue weighted by Crippen LogP contribution is 2.31. The fourth-order valence-electron chi connectivity index (χ4n) is 4.23. The maximum absolute atomic E-state index is 15.1. The zero-order valence-electron chi connectivity index (χ0n) is 20.9. The number of thiazole rings is 1. The van der Waals surface area contributed by atoms with Crippen LogP contribution in [0.2, 0.25) is 0 Å². The molecular formula is C24H26F2N6O6S.